The number of nitrogens with zero attached hydrogens (tertiary/aromatic N) is 3. The van der Waals surface area contributed by atoms with Gasteiger partial charge in [0.15, 0.2) is 5.16 Å². The van der Waals surface area contributed by atoms with Gasteiger partial charge in [-0.3, -0.25) is 4.79 Å². The summed E-state index contributed by atoms with van der Waals surface area (Å²) in [6.45, 7) is 2.04. The molecule has 108 valence electrons. The molecular formula is C10H14F3N3O2S. The lowest BCUT2D eigenvalue weighted by Crippen LogP contribution is -2.09. The van der Waals surface area contributed by atoms with Crippen LogP contribution < -0.4 is 0 Å². The minimum atomic E-state index is -4.14. The maximum absolute atomic E-state index is 12.0. The molecule has 0 aliphatic rings. The maximum Gasteiger partial charge on any atom is 0.389 e. The summed E-state index contributed by atoms with van der Waals surface area (Å²) in [6.07, 6.45) is -4.57. The lowest BCUT2D eigenvalue weighted by atomic mass is 10.2. The average Bonchev–Trinajstić information content (AvgIpc) is 2.62. The van der Waals surface area contributed by atoms with Gasteiger partial charge in [-0.2, -0.15) is 13.2 Å². The highest BCUT2D eigenvalue weighted by Crippen LogP contribution is 2.23. The van der Waals surface area contributed by atoms with Crippen LogP contribution in [-0.2, 0) is 11.3 Å². The monoisotopic (exact) mass is 297 g/mol. The number of hydrogen-bond acceptors (Lipinski definition) is 4. The van der Waals surface area contributed by atoms with Crippen molar-refractivity contribution >= 4 is 17.7 Å². The molecule has 0 saturated carbocycles. The molecule has 0 spiro atoms. The van der Waals surface area contributed by atoms with Crippen molar-refractivity contribution in [3.8, 4) is 0 Å². The number of aromatic nitrogens is 3. The Bertz CT molecular complexity index is 434. The van der Waals surface area contributed by atoms with E-state index in [2.05, 4.69) is 10.2 Å². The van der Waals surface area contributed by atoms with Gasteiger partial charge in [-0.1, -0.05) is 11.8 Å². The number of alkyl halides is 3. The number of aryl methyl sites for hydroxylation is 1. The predicted octanol–water partition coefficient (Wildman–Crippen LogP) is 2.50. The number of carboxylic acid groups (broad SMARTS) is 1. The lowest BCUT2D eigenvalue weighted by Gasteiger charge is -2.09. The SMILES string of the molecule is Cc1nnc(SCC(=O)O)n1CCCCC(F)(F)F. The Morgan fingerprint density at radius 1 is 1.37 bits per heavy atom. The molecule has 1 N–H and O–H groups in total. The van der Waals surface area contributed by atoms with Crippen LogP contribution in [0.25, 0.3) is 0 Å². The van der Waals surface area contributed by atoms with Crippen molar-refractivity contribution in [3.05, 3.63) is 5.82 Å². The van der Waals surface area contributed by atoms with Gasteiger partial charge in [-0.25, -0.2) is 0 Å². The van der Waals surface area contributed by atoms with E-state index < -0.39 is 18.6 Å². The summed E-state index contributed by atoms with van der Waals surface area (Å²) >= 11 is 1.01. The summed E-state index contributed by atoms with van der Waals surface area (Å²) in [6, 6.07) is 0. The van der Waals surface area contributed by atoms with Crippen molar-refractivity contribution in [1.29, 1.82) is 0 Å². The van der Waals surface area contributed by atoms with Crippen LogP contribution in [0.5, 0.6) is 0 Å². The highest BCUT2D eigenvalue weighted by atomic mass is 32.2. The highest BCUT2D eigenvalue weighted by molar-refractivity contribution is 7.99. The van der Waals surface area contributed by atoms with Crippen LogP contribution in [-0.4, -0.2) is 37.8 Å². The molecule has 1 rings (SSSR count). The van der Waals surface area contributed by atoms with Crippen LogP contribution in [0, 0.1) is 6.92 Å². The van der Waals surface area contributed by atoms with Gasteiger partial charge in [0, 0.05) is 13.0 Å². The van der Waals surface area contributed by atoms with E-state index in [0.29, 0.717) is 23.9 Å². The van der Waals surface area contributed by atoms with Crippen molar-refractivity contribution in [2.45, 2.75) is 44.1 Å². The van der Waals surface area contributed by atoms with E-state index in [9.17, 15) is 18.0 Å². The molecule has 9 heteroatoms. The summed E-state index contributed by atoms with van der Waals surface area (Å²) < 4.78 is 37.6. The second kappa shape index (κ2) is 6.78. The third kappa shape index (κ3) is 5.95. The predicted molar refractivity (Wildman–Crippen MR) is 63.0 cm³/mol. The van der Waals surface area contributed by atoms with E-state index in [0.717, 1.165) is 11.8 Å². The first-order valence-corrected chi connectivity index (χ1v) is 6.59. The minimum absolute atomic E-state index is 0.0319. The normalized spacial score (nSPS) is 11.8. The number of thioether (sulfide) groups is 1. The molecule has 0 fully saturated rings. The standard InChI is InChI=1S/C10H14F3N3O2S/c1-7-14-15-9(19-6-8(17)18)16(7)5-3-2-4-10(11,12)13/h2-6H2,1H3,(H,17,18). The largest absolute Gasteiger partial charge is 0.481 e. The first kappa shape index (κ1) is 15.8. The van der Waals surface area contributed by atoms with Crippen LogP contribution in [0.1, 0.15) is 25.1 Å². The van der Waals surface area contributed by atoms with Gasteiger partial charge in [-0.15, -0.1) is 10.2 Å². The fourth-order valence-corrected chi connectivity index (χ4v) is 2.18. The van der Waals surface area contributed by atoms with Crippen molar-refractivity contribution in [2.24, 2.45) is 0 Å². The number of hydrogen-bond donors (Lipinski definition) is 1. The van der Waals surface area contributed by atoms with Gasteiger partial charge >= 0.3 is 12.1 Å². The summed E-state index contributed by atoms with van der Waals surface area (Å²) in [7, 11) is 0. The molecule has 0 aromatic carbocycles. The van der Waals surface area contributed by atoms with Crippen molar-refractivity contribution < 1.29 is 23.1 Å². The second-order valence-corrected chi connectivity index (χ2v) is 4.88. The van der Waals surface area contributed by atoms with Gasteiger partial charge in [0.1, 0.15) is 5.82 Å². The van der Waals surface area contributed by atoms with Gasteiger partial charge in [0.2, 0.25) is 0 Å². The second-order valence-electron chi connectivity index (χ2n) is 3.94. The van der Waals surface area contributed by atoms with Crippen LogP contribution in [0.4, 0.5) is 13.2 Å². The lowest BCUT2D eigenvalue weighted by molar-refractivity contribution is -0.136. The van der Waals surface area contributed by atoms with Crippen molar-refractivity contribution in [2.75, 3.05) is 5.75 Å². The number of unbranched alkanes of at least 4 members (excludes halogenated alkanes) is 1. The fraction of sp³-hybridized carbons (Fsp3) is 0.700. The van der Waals surface area contributed by atoms with Gasteiger partial charge in [0.05, 0.1) is 5.75 Å². The maximum atomic E-state index is 12.0. The molecule has 0 radical (unpaired) electrons. The zero-order valence-corrected chi connectivity index (χ0v) is 11.1. The van der Waals surface area contributed by atoms with E-state index in [1.54, 1.807) is 11.5 Å². The molecule has 0 unspecified atom stereocenters. The van der Waals surface area contributed by atoms with Gasteiger partial charge < -0.3 is 9.67 Å². The molecule has 0 amide bonds. The van der Waals surface area contributed by atoms with Crippen LogP contribution in [0.3, 0.4) is 0 Å². The topological polar surface area (TPSA) is 68.0 Å². The molecule has 1 aromatic heterocycles. The van der Waals surface area contributed by atoms with Crippen molar-refractivity contribution in [3.63, 3.8) is 0 Å². The first-order valence-electron chi connectivity index (χ1n) is 5.61. The highest BCUT2D eigenvalue weighted by Gasteiger charge is 2.25. The van der Waals surface area contributed by atoms with Crippen LogP contribution in [0.15, 0.2) is 5.16 Å². The number of rotatable bonds is 7. The van der Waals surface area contributed by atoms with E-state index in [4.69, 9.17) is 5.11 Å². The summed E-state index contributed by atoms with van der Waals surface area (Å²) in [5, 5.41) is 16.6. The molecule has 5 nitrogen and oxygen atoms in total. The molecule has 0 saturated heterocycles. The number of carbonyl (C=O) groups is 1. The Hall–Kier alpha value is -1.25. The third-order valence-electron chi connectivity index (χ3n) is 2.32. The Kier molecular flexibility index (Phi) is 5.64. The van der Waals surface area contributed by atoms with Crippen LogP contribution in [0.2, 0.25) is 0 Å². The molecular weight excluding hydrogens is 283 g/mol. The van der Waals surface area contributed by atoms with E-state index in [1.807, 2.05) is 0 Å². The van der Waals surface area contributed by atoms with E-state index >= 15 is 0 Å². The Labute approximate surface area is 112 Å². The molecule has 0 bridgehead atoms. The smallest absolute Gasteiger partial charge is 0.389 e. The Morgan fingerprint density at radius 2 is 2.05 bits per heavy atom. The fourth-order valence-electron chi connectivity index (χ4n) is 1.45. The number of halogens is 3. The van der Waals surface area contributed by atoms with E-state index in [1.165, 1.54) is 0 Å². The molecule has 0 atom stereocenters. The first-order chi connectivity index (χ1) is 8.79. The van der Waals surface area contributed by atoms with Gasteiger partial charge in [0.25, 0.3) is 0 Å². The summed E-state index contributed by atoms with van der Waals surface area (Å²) in [5.41, 5.74) is 0. The molecule has 1 aromatic rings. The molecule has 0 aliphatic carbocycles. The number of carboxylic acids is 1. The Balaban J connectivity index is 2.48. The summed E-state index contributed by atoms with van der Waals surface area (Å²) in [5.74, 6) is -0.560. The van der Waals surface area contributed by atoms with E-state index in [-0.39, 0.29) is 12.2 Å². The third-order valence-corrected chi connectivity index (χ3v) is 3.27. The van der Waals surface area contributed by atoms with Crippen LogP contribution >= 0.6 is 11.8 Å². The molecule has 0 aliphatic heterocycles. The average molecular weight is 297 g/mol. The van der Waals surface area contributed by atoms with Gasteiger partial charge in [-0.05, 0) is 19.8 Å². The summed E-state index contributed by atoms with van der Waals surface area (Å²) in [4.78, 5) is 10.5. The zero-order chi connectivity index (χ0) is 14.5. The zero-order valence-electron chi connectivity index (χ0n) is 10.3. The minimum Gasteiger partial charge on any atom is -0.481 e. The molecule has 19 heavy (non-hydrogen) atoms. The van der Waals surface area contributed by atoms with Crippen molar-refractivity contribution in [1.82, 2.24) is 14.8 Å². The Morgan fingerprint density at radius 3 is 2.63 bits per heavy atom. The molecule has 1 heterocycles. The number of aliphatic carboxylic acids is 1. The quantitative estimate of drug-likeness (QED) is 0.618.